The standard InChI is InChI=1S/C7H6BrClN2/c8-5-3-4(7(10)11)1-2-6(5)9/h1-3H,(H3,10,11). The topological polar surface area (TPSA) is 49.9 Å². The summed E-state index contributed by atoms with van der Waals surface area (Å²) in [6.45, 7) is 0. The average Bonchev–Trinajstić information content (AvgIpc) is 1.94. The molecule has 0 bridgehead atoms. The van der Waals surface area contributed by atoms with Gasteiger partial charge in [-0.3, -0.25) is 5.41 Å². The van der Waals surface area contributed by atoms with Gasteiger partial charge in [0.2, 0.25) is 0 Å². The number of halogens is 2. The lowest BCUT2D eigenvalue weighted by Crippen LogP contribution is -2.10. The zero-order valence-electron chi connectivity index (χ0n) is 5.57. The third-order valence-electron chi connectivity index (χ3n) is 1.23. The van der Waals surface area contributed by atoms with E-state index in [1.54, 1.807) is 18.2 Å². The summed E-state index contributed by atoms with van der Waals surface area (Å²) in [4.78, 5) is 0. The van der Waals surface area contributed by atoms with Gasteiger partial charge in [-0.15, -0.1) is 0 Å². The Kier molecular flexibility index (Phi) is 2.52. The van der Waals surface area contributed by atoms with Crippen LogP contribution in [0.5, 0.6) is 0 Å². The van der Waals surface area contributed by atoms with Gasteiger partial charge >= 0.3 is 0 Å². The molecule has 0 saturated carbocycles. The van der Waals surface area contributed by atoms with E-state index in [2.05, 4.69) is 15.9 Å². The molecule has 0 heterocycles. The van der Waals surface area contributed by atoms with Crippen molar-refractivity contribution in [2.24, 2.45) is 5.73 Å². The van der Waals surface area contributed by atoms with Gasteiger partial charge in [0.15, 0.2) is 0 Å². The van der Waals surface area contributed by atoms with E-state index in [4.69, 9.17) is 22.7 Å². The van der Waals surface area contributed by atoms with Crippen LogP contribution in [0.3, 0.4) is 0 Å². The molecular formula is C7H6BrClN2. The average molecular weight is 233 g/mol. The first-order valence-electron chi connectivity index (χ1n) is 2.90. The van der Waals surface area contributed by atoms with Crippen molar-refractivity contribution in [3.05, 3.63) is 33.3 Å². The number of nitrogens with one attached hydrogen (secondary N) is 1. The zero-order chi connectivity index (χ0) is 8.43. The number of hydrogen-bond donors (Lipinski definition) is 2. The van der Waals surface area contributed by atoms with E-state index < -0.39 is 0 Å². The lowest BCUT2D eigenvalue weighted by atomic mass is 10.2. The molecule has 0 unspecified atom stereocenters. The van der Waals surface area contributed by atoms with Crippen LogP contribution in [0.1, 0.15) is 5.56 Å². The first kappa shape index (κ1) is 8.56. The number of benzene rings is 1. The number of nitrogens with two attached hydrogens (primary N) is 1. The van der Waals surface area contributed by atoms with Crippen molar-refractivity contribution in [3.8, 4) is 0 Å². The molecule has 0 aromatic heterocycles. The minimum atomic E-state index is 0.0439. The Labute approximate surface area is 78.0 Å². The lowest BCUT2D eigenvalue weighted by Gasteiger charge is -1.99. The molecule has 0 radical (unpaired) electrons. The maximum Gasteiger partial charge on any atom is 0.122 e. The van der Waals surface area contributed by atoms with Crippen LogP contribution in [0.2, 0.25) is 5.02 Å². The van der Waals surface area contributed by atoms with Crippen LogP contribution in [-0.2, 0) is 0 Å². The number of rotatable bonds is 1. The fourth-order valence-electron chi connectivity index (χ4n) is 0.664. The smallest absolute Gasteiger partial charge is 0.122 e. The van der Waals surface area contributed by atoms with Crippen molar-refractivity contribution in [3.63, 3.8) is 0 Å². The van der Waals surface area contributed by atoms with E-state index in [9.17, 15) is 0 Å². The molecule has 1 aromatic rings. The SMILES string of the molecule is N=C(N)c1ccc(Cl)c(Br)c1. The first-order valence-corrected chi connectivity index (χ1v) is 4.08. The van der Waals surface area contributed by atoms with Gasteiger partial charge < -0.3 is 5.73 Å². The Morgan fingerprint density at radius 2 is 2.18 bits per heavy atom. The molecule has 0 amide bonds. The molecule has 0 aliphatic rings. The Hall–Kier alpha value is -0.540. The number of hydrogen-bond acceptors (Lipinski definition) is 1. The number of amidine groups is 1. The largest absolute Gasteiger partial charge is 0.384 e. The van der Waals surface area contributed by atoms with Gasteiger partial charge in [-0.25, -0.2) is 0 Å². The van der Waals surface area contributed by atoms with Crippen LogP contribution in [-0.4, -0.2) is 5.84 Å². The van der Waals surface area contributed by atoms with Gasteiger partial charge in [0, 0.05) is 10.0 Å². The highest BCUT2D eigenvalue weighted by atomic mass is 79.9. The van der Waals surface area contributed by atoms with Crippen molar-refractivity contribution >= 4 is 33.4 Å². The molecule has 0 aliphatic heterocycles. The fraction of sp³-hybridized carbons (Fsp3) is 0. The van der Waals surface area contributed by atoms with E-state index in [1.807, 2.05) is 0 Å². The third-order valence-corrected chi connectivity index (χ3v) is 2.44. The molecule has 0 saturated heterocycles. The Morgan fingerprint density at radius 3 is 2.64 bits per heavy atom. The first-order chi connectivity index (χ1) is 5.11. The lowest BCUT2D eigenvalue weighted by molar-refractivity contribution is 1.42. The summed E-state index contributed by atoms with van der Waals surface area (Å²) in [6.07, 6.45) is 0. The number of nitrogen functional groups attached to an aromatic ring is 1. The molecule has 0 fully saturated rings. The predicted octanol–water partition coefficient (Wildman–Crippen LogP) is 2.39. The van der Waals surface area contributed by atoms with E-state index in [0.717, 1.165) is 4.47 Å². The van der Waals surface area contributed by atoms with Crippen LogP contribution < -0.4 is 5.73 Å². The van der Waals surface area contributed by atoms with Gasteiger partial charge in [0.25, 0.3) is 0 Å². The predicted molar refractivity (Wildman–Crippen MR) is 50.2 cm³/mol. The highest BCUT2D eigenvalue weighted by molar-refractivity contribution is 9.10. The molecule has 0 atom stereocenters. The van der Waals surface area contributed by atoms with Gasteiger partial charge in [-0.2, -0.15) is 0 Å². The summed E-state index contributed by atoms with van der Waals surface area (Å²) in [5.41, 5.74) is 5.92. The fourth-order valence-corrected chi connectivity index (χ4v) is 1.16. The molecule has 11 heavy (non-hydrogen) atoms. The highest BCUT2D eigenvalue weighted by Gasteiger charge is 1.99. The van der Waals surface area contributed by atoms with E-state index >= 15 is 0 Å². The second-order valence-electron chi connectivity index (χ2n) is 2.04. The second-order valence-corrected chi connectivity index (χ2v) is 3.30. The molecule has 0 spiro atoms. The highest BCUT2D eigenvalue weighted by Crippen LogP contribution is 2.22. The van der Waals surface area contributed by atoms with Crippen molar-refractivity contribution in [2.45, 2.75) is 0 Å². The summed E-state index contributed by atoms with van der Waals surface area (Å²) >= 11 is 8.96. The van der Waals surface area contributed by atoms with Crippen molar-refractivity contribution in [1.29, 1.82) is 5.41 Å². The maximum absolute atomic E-state index is 7.12. The zero-order valence-corrected chi connectivity index (χ0v) is 7.91. The summed E-state index contributed by atoms with van der Waals surface area (Å²) in [5.74, 6) is 0.0439. The summed E-state index contributed by atoms with van der Waals surface area (Å²) in [7, 11) is 0. The molecule has 1 aromatic carbocycles. The molecule has 3 N–H and O–H groups in total. The van der Waals surface area contributed by atoms with Crippen molar-refractivity contribution in [2.75, 3.05) is 0 Å². The van der Waals surface area contributed by atoms with Gasteiger partial charge in [-0.1, -0.05) is 11.6 Å². The monoisotopic (exact) mass is 232 g/mol. The van der Waals surface area contributed by atoms with Gasteiger partial charge in [0.1, 0.15) is 5.84 Å². The molecule has 58 valence electrons. The summed E-state index contributed by atoms with van der Waals surface area (Å²) < 4.78 is 0.756. The minimum absolute atomic E-state index is 0.0439. The third kappa shape index (κ3) is 1.94. The van der Waals surface area contributed by atoms with Crippen LogP contribution in [0, 0.1) is 5.41 Å². The van der Waals surface area contributed by atoms with E-state index in [1.165, 1.54) is 0 Å². The Balaban J connectivity index is 3.15. The van der Waals surface area contributed by atoms with Crippen LogP contribution in [0.15, 0.2) is 22.7 Å². The quantitative estimate of drug-likeness (QED) is 0.568. The van der Waals surface area contributed by atoms with Gasteiger partial charge in [-0.05, 0) is 34.1 Å². The summed E-state index contributed by atoms with van der Waals surface area (Å²) in [5, 5.41) is 7.74. The normalized spacial score (nSPS) is 9.64. The molecule has 4 heteroatoms. The molecule has 2 nitrogen and oxygen atoms in total. The molecule has 1 rings (SSSR count). The van der Waals surface area contributed by atoms with Crippen LogP contribution in [0.25, 0.3) is 0 Å². The van der Waals surface area contributed by atoms with Crippen LogP contribution >= 0.6 is 27.5 Å². The molecular weight excluding hydrogens is 227 g/mol. The van der Waals surface area contributed by atoms with E-state index in [0.29, 0.717) is 10.6 Å². The van der Waals surface area contributed by atoms with Gasteiger partial charge in [0.05, 0.1) is 5.02 Å². The second kappa shape index (κ2) is 3.24. The van der Waals surface area contributed by atoms with E-state index in [-0.39, 0.29) is 5.84 Å². The Bertz CT molecular complexity index is 298. The Morgan fingerprint density at radius 1 is 1.55 bits per heavy atom. The minimum Gasteiger partial charge on any atom is -0.384 e. The maximum atomic E-state index is 7.12. The van der Waals surface area contributed by atoms with Crippen molar-refractivity contribution in [1.82, 2.24) is 0 Å². The molecule has 0 aliphatic carbocycles. The van der Waals surface area contributed by atoms with Crippen molar-refractivity contribution < 1.29 is 0 Å². The van der Waals surface area contributed by atoms with Crippen LogP contribution in [0.4, 0.5) is 0 Å². The summed E-state index contributed by atoms with van der Waals surface area (Å²) in [6, 6.07) is 5.11.